The number of hydrogen-bond donors (Lipinski definition) is 6. The standard InChI is InChI=1S/2C26H33NO5/c2*1-3-4-5-6-16-24(30)27-17-10-14-21-18-23(29)19(2)11-7-8-12-20-13-9-15-22(28)25(20)26(31)32-21/h2*4-10,13,15-17,19,21,23,28-29H,3,11-12,14,18H2,1-2H3,(H,27,30)/b2*5-4-,8-7+,16-6-,17-10+. The zero-order valence-electron chi connectivity index (χ0n) is 37.5. The van der Waals surface area contributed by atoms with Gasteiger partial charge in [-0.25, -0.2) is 9.59 Å². The van der Waals surface area contributed by atoms with Crippen LogP contribution in [-0.4, -0.2) is 68.6 Å². The van der Waals surface area contributed by atoms with Crippen LogP contribution in [0.2, 0.25) is 0 Å². The van der Waals surface area contributed by atoms with E-state index in [9.17, 15) is 39.6 Å². The molecule has 2 amide bonds. The van der Waals surface area contributed by atoms with E-state index < -0.39 is 36.4 Å². The molecular weight excluding hydrogens is 813 g/mol. The van der Waals surface area contributed by atoms with E-state index in [2.05, 4.69) is 10.6 Å². The van der Waals surface area contributed by atoms with Gasteiger partial charge in [-0.2, -0.15) is 0 Å². The predicted octanol–water partition coefficient (Wildman–Crippen LogP) is 8.70. The topological polar surface area (TPSA) is 192 Å². The molecule has 0 aliphatic carbocycles. The van der Waals surface area contributed by atoms with Gasteiger partial charge in [0.25, 0.3) is 0 Å². The van der Waals surface area contributed by atoms with Gasteiger partial charge in [0.15, 0.2) is 0 Å². The maximum Gasteiger partial charge on any atom is 0.342 e. The molecule has 12 nitrogen and oxygen atoms in total. The van der Waals surface area contributed by atoms with Crippen LogP contribution in [0.25, 0.3) is 0 Å². The molecule has 2 aromatic rings. The van der Waals surface area contributed by atoms with Crippen LogP contribution >= 0.6 is 0 Å². The van der Waals surface area contributed by atoms with E-state index in [1.807, 2.05) is 64.2 Å². The molecular formula is C52H66N2O10. The second-order valence-electron chi connectivity index (χ2n) is 15.7. The van der Waals surface area contributed by atoms with Crippen molar-refractivity contribution in [2.45, 2.75) is 116 Å². The van der Waals surface area contributed by atoms with Gasteiger partial charge in [-0.3, -0.25) is 9.59 Å². The molecule has 0 spiro atoms. The SMILES string of the molecule is CC/C=C\C=C/C(=O)N/C=C/CC1CC(O)C(C)C/C=C/Cc2cccc(O)c2C(=O)O1.CC/C=C\C=C/C(=O)N/C=C/CC1CC(O)C(C)C/C=C/Cc2cccc(O)c2C(=O)O1. The Hall–Kier alpha value is -6.24. The van der Waals surface area contributed by atoms with Crippen molar-refractivity contribution in [1.29, 1.82) is 0 Å². The zero-order valence-corrected chi connectivity index (χ0v) is 37.5. The Morgan fingerprint density at radius 1 is 0.625 bits per heavy atom. The number of rotatable bonds is 12. The van der Waals surface area contributed by atoms with Gasteiger partial charge in [0.1, 0.15) is 34.8 Å². The Morgan fingerprint density at radius 3 is 1.42 bits per heavy atom. The summed E-state index contributed by atoms with van der Waals surface area (Å²) in [5, 5.41) is 46.9. The number of aromatic hydroxyl groups is 2. The summed E-state index contributed by atoms with van der Waals surface area (Å²) in [6.07, 6.45) is 30.7. The Kier molecular flexibility index (Phi) is 23.8. The first-order valence-corrected chi connectivity index (χ1v) is 22.1. The number of aliphatic hydroxyl groups excluding tert-OH is 2. The number of benzene rings is 2. The Bertz CT molecular complexity index is 1910. The molecule has 2 aromatic carbocycles. The molecule has 4 rings (SSSR count). The van der Waals surface area contributed by atoms with Crippen molar-refractivity contribution < 1.29 is 49.1 Å². The third-order valence-corrected chi connectivity index (χ3v) is 10.5. The first-order valence-electron chi connectivity index (χ1n) is 22.1. The molecule has 12 heteroatoms. The van der Waals surface area contributed by atoms with Gasteiger partial charge in [-0.15, -0.1) is 0 Å². The van der Waals surface area contributed by atoms with Crippen LogP contribution in [0.1, 0.15) is 111 Å². The number of amides is 2. The first-order chi connectivity index (χ1) is 30.8. The first kappa shape index (κ1) is 52.1. The van der Waals surface area contributed by atoms with Crippen molar-refractivity contribution in [1.82, 2.24) is 10.6 Å². The molecule has 0 fully saturated rings. The van der Waals surface area contributed by atoms with Crippen LogP contribution in [0.15, 0.2) is 134 Å². The number of phenolic OH excluding ortho intramolecular Hbond substituents is 2. The van der Waals surface area contributed by atoms with Crippen molar-refractivity contribution >= 4 is 23.8 Å². The number of carbonyl (C=O) groups is 4. The normalized spacial score (nSPS) is 23.5. The van der Waals surface area contributed by atoms with E-state index in [0.717, 1.165) is 12.8 Å². The van der Waals surface area contributed by atoms with Gasteiger partial charge in [-0.1, -0.05) is 125 Å². The van der Waals surface area contributed by atoms with Crippen molar-refractivity contribution in [3.05, 3.63) is 156 Å². The van der Waals surface area contributed by atoms with Crippen LogP contribution in [0, 0.1) is 11.8 Å². The van der Waals surface area contributed by atoms with Gasteiger partial charge < -0.3 is 40.5 Å². The van der Waals surface area contributed by atoms with Gasteiger partial charge >= 0.3 is 11.9 Å². The lowest BCUT2D eigenvalue weighted by Crippen LogP contribution is -2.28. The van der Waals surface area contributed by atoms with Crippen molar-refractivity contribution in [2.75, 3.05) is 0 Å². The van der Waals surface area contributed by atoms with E-state index in [0.29, 0.717) is 49.7 Å². The molecule has 0 saturated heterocycles. The van der Waals surface area contributed by atoms with Crippen LogP contribution in [0.3, 0.4) is 0 Å². The molecule has 64 heavy (non-hydrogen) atoms. The largest absolute Gasteiger partial charge is 0.507 e. The van der Waals surface area contributed by atoms with Gasteiger partial charge in [0.2, 0.25) is 11.8 Å². The maximum absolute atomic E-state index is 12.9. The number of allylic oxidation sites excluding steroid dienone is 10. The predicted molar refractivity (Wildman–Crippen MR) is 250 cm³/mol. The van der Waals surface area contributed by atoms with Crippen LogP contribution in [0.5, 0.6) is 11.5 Å². The number of cyclic esters (lactones) is 2. The number of hydrogen-bond acceptors (Lipinski definition) is 10. The zero-order chi connectivity index (χ0) is 46.7. The summed E-state index contributed by atoms with van der Waals surface area (Å²) in [4.78, 5) is 49.3. The average molecular weight is 879 g/mol. The second-order valence-corrected chi connectivity index (χ2v) is 15.7. The highest BCUT2D eigenvalue weighted by molar-refractivity contribution is 5.95. The molecule has 344 valence electrons. The van der Waals surface area contributed by atoms with Crippen molar-refractivity contribution in [3.63, 3.8) is 0 Å². The highest BCUT2D eigenvalue weighted by Gasteiger charge is 2.27. The summed E-state index contributed by atoms with van der Waals surface area (Å²) in [5.41, 5.74) is 1.66. The highest BCUT2D eigenvalue weighted by Crippen LogP contribution is 2.28. The summed E-state index contributed by atoms with van der Waals surface area (Å²) < 4.78 is 11.4. The Balaban J connectivity index is 0.000000340. The smallest absolute Gasteiger partial charge is 0.342 e. The molecule has 2 heterocycles. The lowest BCUT2D eigenvalue weighted by molar-refractivity contribution is -0.116. The van der Waals surface area contributed by atoms with E-state index in [1.54, 1.807) is 60.7 Å². The van der Waals surface area contributed by atoms with Crippen molar-refractivity contribution in [3.8, 4) is 11.5 Å². The van der Waals surface area contributed by atoms with Crippen LogP contribution < -0.4 is 10.6 Å². The molecule has 2 aliphatic rings. The van der Waals surface area contributed by atoms with Gasteiger partial charge in [0, 0.05) is 50.2 Å². The van der Waals surface area contributed by atoms with E-state index >= 15 is 0 Å². The quantitative estimate of drug-likeness (QED) is 0.0520. The Labute approximate surface area is 378 Å². The number of ether oxygens (including phenoxy) is 2. The van der Waals surface area contributed by atoms with Crippen LogP contribution in [-0.2, 0) is 31.9 Å². The fourth-order valence-electron chi connectivity index (χ4n) is 6.68. The lowest BCUT2D eigenvalue weighted by atomic mass is 9.93. The summed E-state index contributed by atoms with van der Waals surface area (Å²) in [6.45, 7) is 7.93. The summed E-state index contributed by atoms with van der Waals surface area (Å²) in [7, 11) is 0. The number of esters is 2. The van der Waals surface area contributed by atoms with E-state index in [-0.39, 0.29) is 59.1 Å². The maximum atomic E-state index is 12.9. The molecule has 0 bridgehead atoms. The van der Waals surface area contributed by atoms with Gasteiger partial charge in [0.05, 0.1) is 12.2 Å². The minimum absolute atomic E-state index is 0.000482. The third-order valence-electron chi connectivity index (χ3n) is 10.5. The molecule has 0 aromatic heterocycles. The molecule has 2 aliphatic heterocycles. The minimum Gasteiger partial charge on any atom is -0.507 e. The monoisotopic (exact) mass is 878 g/mol. The fraction of sp³-hybridized carbons (Fsp3) is 0.385. The molecule has 0 saturated carbocycles. The molecule has 6 unspecified atom stereocenters. The van der Waals surface area contributed by atoms with E-state index in [4.69, 9.17) is 9.47 Å². The number of aliphatic hydroxyl groups is 2. The fourth-order valence-corrected chi connectivity index (χ4v) is 6.68. The molecule has 0 radical (unpaired) electrons. The van der Waals surface area contributed by atoms with Gasteiger partial charge in [-0.05, 0) is 73.6 Å². The summed E-state index contributed by atoms with van der Waals surface area (Å²) in [6, 6.07) is 9.89. The number of carbonyl (C=O) groups excluding carboxylic acids is 4. The number of phenols is 2. The molecule has 6 atom stereocenters. The summed E-state index contributed by atoms with van der Waals surface area (Å²) in [5.74, 6) is -2.04. The lowest BCUT2D eigenvalue weighted by Gasteiger charge is -2.24. The number of fused-ring (bicyclic) bond motifs is 2. The number of nitrogens with one attached hydrogen (secondary N) is 2. The van der Waals surface area contributed by atoms with Crippen molar-refractivity contribution in [2.24, 2.45) is 11.8 Å². The third kappa shape index (κ3) is 19.0. The minimum atomic E-state index is -0.656. The highest BCUT2D eigenvalue weighted by atomic mass is 16.5. The summed E-state index contributed by atoms with van der Waals surface area (Å²) >= 11 is 0. The molecule has 6 N–H and O–H groups in total. The van der Waals surface area contributed by atoms with Crippen LogP contribution in [0.4, 0.5) is 0 Å². The average Bonchev–Trinajstić information content (AvgIpc) is 3.26. The Morgan fingerprint density at radius 2 is 1.03 bits per heavy atom. The van der Waals surface area contributed by atoms with E-state index in [1.165, 1.54) is 36.7 Å². The second kappa shape index (κ2) is 29.2.